The van der Waals surface area contributed by atoms with Gasteiger partial charge in [-0.25, -0.2) is 0 Å². The molecular weight excluding hydrogens is 510 g/mol. The third-order valence-electron chi connectivity index (χ3n) is 5.95. The molecule has 35 heavy (non-hydrogen) atoms. The summed E-state index contributed by atoms with van der Waals surface area (Å²) < 4.78 is 19.6. The van der Waals surface area contributed by atoms with Gasteiger partial charge < -0.3 is 0 Å². The Morgan fingerprint density at radius 3 is 2.57 bits per heavy atom. The van der Waals surface area contributed by atoms with Gasteiger partial charge in [0, 0.05) is 0 Å². The number of anilines is 2. The minimum absolute atomic E-state index is 0.111. The van der Waals surface area contributed by atoms with Gasteiger partial charge in [-0.05, 0) is 6.92 Å². The summed E-state index contributed by atoms with van der Waals surface area (Å²) in [5.41, 5.74) is 3.96. The molecule has 0 spiro atoms. The number of aromatic nitrogens is 3. The number of piperazine rings is 1. The number of nitrogens with one attached hydrogen (secondary N) is 1. The molecule has 0 atom stereocenters. The Balaban J connectivity index is 1.26. The molecule has 2 aromatic heterocycles. The maximum absolute atomic E-state index is 13.2. The number of urea groups is 1. The second kappa shape index (κ2) is 10.0. The molecule has 1 fully saturated rings. The average molecular weight is 534 g/mol. The minimum atomic E-state index is -0.253. The van der Waals surface area contributed by atoms with E-state index in [4.69, 9.17) is 4.42 Å². The van der Waals surface area contributed by atoms with Gasteiger partial charge in [0.05, 0.1) is 0 Å². The second-order valence-corrected chi connectivity index (χ2v) is 9.35. The van der Waals surface area contributed by atoms with Crippen LogP contribution in [0.4, 0.5) is 20.7 Å². The van der Waals surface area contributed by atoms with E-state index in [0.29, 0.717) is 66.6 Å². The van der Waals surface area contributed by atoms with Crippen molar-refractivity contribution in [2.45, 2.75) is 19.8 Å². The zero-order valence-corrected chi connectivity index (χ0v) is 21.1. The number of nitrogens with zero attached hydrogens (tertiary/aromatic N) is 5. The SMILES string of the molecule is Cc1cccc(NC(=O)N2CCN(c3nc([As])nc4oc(CCc5ccc(F)cc5)nc34)CC2)c1. The number of fused-ring (bicyclic) bond motifs is 1. The summed E-state index contributed by atoms with van der Waals surface area (Å²) in [7, 11) is 0. The van der Waals surface area contributed by atoms with Gasteiger partial charge in [0.2, 0.25) is 0 Å². The van der Waals surface area contributed by atoms with Gasteiger partial charge in [-0.1, -0.05) is 6.07 Å². The number of hydrogen-bond acceptors (Lipinski definition) is 6. The molecule has 3 heterocycles. The topological polar surface area (TPSA) is 87.4 Å². The van der Waals surface area contributed by atoms with Gasteiger partial charge in [-0.2, -0.15) is 0 Å². The summed E-state index contributed by atoms with van der Waals surface area (Å²) in [4.78, 5) is 30.3. The number of hydrogen-bond donors (Lipinski definition) is 1. The van der Waals surface area contributed by atoms with E-state index in [1.807, 2.05) is 31.2 Å². The molecule has 8 nitrogen and oxygen atoms in total. The van der Waals surface area contributed by atoms with Crippen molar-refractivity contribution in [3.63, 3.8) is 0 Å². The second-order valence-electron chi connectivity index (χ2n) is 8.51. The Labute approximate surface area is 211 Å². The average Bonchev–Trinajstić information content (AvgIpc) is 3.26. The first-order chi connectivity index (χ1) is 16.9. The van der Waals surface area contributed by atoms with Crippen LogP contribution in [0.1, 0.15) is 17.0 Å². The van der Waals surface area contributed by atoms with Crippen LogP contribution in [0.15, 0.2) is 52.9 Å². The molecule has 1 N–H and O–H groups in total. The first-order valence-electron chi connectivity index (χ1n) is 11.4. The number of oxazole rings is 1. The fourth-order valence-corrected chi connectivity index (χ4v) is 4.51. The number of aryl methyl sites for hydroxylation is 3. The van der Waals surface area contributed by atoms with E-state index in [1.54, 1.807) is 17.0 Å². The van der Waals surface area contributed by atoms with Gasteiger partial charge in [-0.15, -0.1) is 0 Å². The number of carbonyl (C=O) groups excluding carboxylic acids is 1. The molecule has 0 saturated carbocycles. The third kappa shape index (κ3) is 5.46. The summed E-state index contributed by atoms with van der Waals surface area (Å²) in [6, 6.07) is 14.1. The molecule has 4 aromatic rings. The predicted molar refractivity (Wildman–Crippen MR) is 133 cm³/mol. The van der Waals surface area contributed by atoms with Crippen molar-refractivity contribution in [2.75, 3.05) is 36.4 Å². The van der Waals surface area contributed by atoms with Crippen molar-refractivity contribution in [3.8, 4) is 0 Å². The molecule has 10 heteroatoms. The quantitative estimate of drug-likeness (QED) is 0.397. The van der Waals surface area contributed by atoms with Gasteiger partial charge in [0.1, 0.15) is 0 Å². The van der Waals surface area contributed by atoms with E-state index in [9.17, 15) is 9.18 Å². The van der Waals surface area contributed by atoms with Crippen LogP contribution < -0.4 is 14.8 Å². The van der Waals surface area contributed by atoms with Crippen LogP contribution in [0.25, 0.3) is 11.2 Å². The van der Waals surface area contributed by atoms with E-state index >= 15 is 0 Å². The Morgan fingerprint density at radius 2 is 1.83 bits per heavy atom. The predicted octanol–water partition coefficient (Wildman–Crippen LogP) is 3.00. The van der Waals surface area contributed by atoms with Crippen molar-refractivity contribution in [1.29, 1.82) is 0 Å². The molecule has 2 aromatic carbocycles. The fourth-order valence-electron chi connectivity index (χ4n) is 4.12. The molecule has 1 aliphatic heterocycles. The van der Waals surface area contributed by atoms with Crippen LogP contribution in [0, 0.1) is 12.7 Å². The Hall–Kier alpha value is -3.45. The molecule has 5 rings (SSSR count). The molecular formula is C25H24AsFN6O2. The fraction of sp³-hybridized carbons (Fsp3) is 0.280. The summed E-state index contributed by atoms with van der Waals surface area (Å²) >= 11 is 2.34. The number of rotatable bonds is 5. The van der Waals surface area contributed by atoms with E-state index in [0.717, 1.165) is 16.8 Å². The van der Waals surface area contributed by atoms with Crippen LogP contribution in [0.5, 0.6) is 0 Å². The summed E-state index contributed by atoms with van der Waals surface area (Å²) in [5.74, 6) is 1.02. The molecule has 2 amide bonds. The van der Waals surface area contributed by atoms with Crippen molar-refractivity contribution < 1.29 is 13.6 Å². The van der Waals surface area contributed by atoms with Crippen LogP contribution in [-0.4, -0.2) is 68.9 Å². The van der Waals surface area contributed by atoms with E-state index in [2.05, 4.69) is 42.0 Å². The van der Waals surface area contributed by atoms with Crippen LogP contribution >= 0.6 is 0 Å². The van der Waals surface area contributed by atoms with Crippen molar-refractivity contribution in [2.24, 2.45) is 0 Å². The molecule has 0 bridgehead atoms. The molecule has 2 radical (unpaired) electrons. The van der Waals surface area contributed by atoms with Gasteiger partial charge in [-0.3, -0.25) is 0 Å². The molecule has 0 unspecified atom stereocenters. The van der Waals surface area contributed by atoms with Crippen molar-refractivity contribution in [1.82, 2.24) is 19.9 Å². The van der Waals surface area contributed by atoms with E-state index in [-0.39, 0.29) is 11.8 Å². The maximum atomic E-state index is 13.2. The van der Waals surface area contributed by atoms with Gasteiger partial charge in [0.15, 0.2) is 0 Å². The Morgan fingerprint density at radius 1 is 1.06 bits per heavy atom. The van der Waals surface area contributed by atoms with Crippen LogP contribution in [-0.2, 0) is 12.8 Å². The molecule has 178 valence electrons. The zero-order chi connectivity index (χ0) is 24.4. The van der Waals surface area contributed by atoms with E-state index < -0.39 is 0 Å². The Kier molecular flexibility index (Phi) is 6.68. The van der Waals surface area contributed by atoms with E-state index in [1.165, 1.54) is 12.1 Å². The van der Waals surface area contributed by atoms with Crippen LogP contribution in [0.3, 0.4) is 0 Å². The van der Waals surface area contributed by atoms with Crippen molar-refractivity contribution >= 4 is 50.2 Å². The van der Waals surface area contributed by atoms with Gasteiger partial charge in [0.25, 0.3) is 0 Å². The van der Waals surface area contributed by atoms with Gasteiger partial charge >= 0.3 is 198 Å². The zero-order valence-electron chi connectivity index (χ0n) is 19.2. The molecule has 1 saturated heterocycles. The standard InChI is InChI=1S/C25H24AsFN6O2/c1-16-3-2-4-19(15-16)28-25(34)33-13-11-32(12-14-33)22-21-23(31-24(26)30-22)35-20(29-21)10-7-17-5-8-18(27)9-6-17/h2-6,8-9,15H,7,10-14H2,1H3,(H,28,34). The van der Waals surface area contributed by atoms with Crippen molar-refractivity contribution in [3.05, 3.63) is 71.4 Å². The number of benzene rings is 2. The van der Waals surface area contributed by atoms with Crippen LogP contribution in [0.2, 0.25) is 0 Å². The summed E-state index contributed by atoms with van der Waals surface area (Å²) in [5, 5.41) is 2.97. The monoisotopic (exact) mass is 534 g/mol. The summed E-state index contributed by atoms with van der Waals surface area (Å²) in [6.07, 6.45) is 1.25. The first kappa shape index (κ1) is 23.3. The number of carbonyl (C=O) groups is 1. The first-order valence-corrected chi connectivity index (χ1v) is 12.4. The molecule has 1 aliphatic rings. The Bertz CT molecular complexity index is 1350. The molecule has 0 aliphatic carbocycles. The number of amides is 2. The number of halogens is 1. The summed E-state index contributed by atoms with van der Waals surface area (Å²) in [6.45, 7) is 4.36. The third-order valence-corrected chi connectivity index (χ3v) is 6.37. The normalized spacial score (nSPS) is 13.9.